The van der Waals surface area contributed by atoms with E-state index in [1.165, 1.54) is 19.3 Å². The van der Waals surface area contributed by atoms with Crippen LogP contribution in [0.15, 0.2) is 24.3 Å². The number of morpholine rings is 1. The summed E-state index contributed by atoms with van der Waals surface area (Å²) in [5, 5.41) is 9.05. The topological polar surface area (TPSA) is 66.8 Å². The van der Waals surface area contributed by atoms with Gasteiger partial charge in [-0.25, -0.2) is 4.79 Å². The van der Waals surface area contributed by atoms with Crippen LogP contribution in [0.4, 0.5) is 0 Å². The molecular formula is C18H23NO4. The molecule has 1 N–H and O–H groups in total. The summed E-state index contributed by atoms with van der Waals surface area (Å²) >= 11 is 0. The van der Waals surface area contributed by atoms with Crippen LogP contribution < -0.4 is 0 Å². The monoisotopic (exact) mass is 317 g/mol. The Hall–Kier alpha value is -1.88. The molecule has 124 valence electrons. The molecule has 1 aliphatic heterocycles. The molecule has 3 rings (SSSR count). The Bertz CT molecular complexity index is 587. The maximum absolute atomic E-state index is 12.6. The first kappa shape index (κ1) is 16.0. The van der Waals surface area contributed by atoms with Crippen LogP contribution in [0.5, 0.6) is 0 Å². The Kier molecular flexibility index (Phi) is 4.66. The van der Waals surface area contributed by atoms with E-state index in [-0.39, 0.29) is 23.5 Å². The number of carbonyl (C=O) groups excluding carboxylic acids is 1. The molecule has 5 heteroatoms. The molecule has 1 saturated carbocycles. The van der Waals surface area contributed by atoms with Gasteiger partial charge in [0.2, 0.25) is 5.91 Å². The molecule has 0 bridgehead atoms. The number of carboxylic acid groups (broad SMARTS) is 1. The average Bonchev–Trinajstić information content (AvgIpc) is 2.56. The second-order valence-corrected chi connectivity index (χ2v) is 6.59. The lowest BCUT2D eigenvalue weighted by atomic mass is 9.83. The van der Waals surface area contributed by atoms with E-state index in [9.17, 15) is 9.59 Å². The van der Waals surface area contributed by atoms with Crippen molar-refractivity contribution >= 4 is 11.9 Å². The number of amides is 1. The van der Waals surface area contributed by atoms with Gasteiger partial charge in [-0.05, 0) is 30.5 Å². The Morgan fingerprint density at radius 3 is 2.74 bits per heavy atom. The van der Waals surface area contributed by atoms with Gasteiger partial charge in [-0.15, -0.1) is 0 Å². The van der Waals surface area contributed by atoms with Crippen LogP contribution in [-0.4, -0.2) is 47.2 Å². The number of nitrogens with zero attached hydrogens (tertiary/aromatic N) is 1. The zero-order valence-corrected chi connectivity index (χ0v) is 13.3. The van der Waals surface area contributed by atoms with Gasteiger partial charge in [0, 0.05) is 13.1 Å². The van der Waals surface area contributed by atoms with E-state index in [4.69, 9.17) is 9.84 Å². The Morgan fingerprint density at radius 2 is 2.00 bits per heavy atom. The van der Waals surface area contributed by atoms with E-state index in [0.29, 0.717) is 19.7 Å². The van der Waals surface area contributed by atoms with Gasteiger partial charge in [-0.1, -0.05) is 31.4 Å². The van der Waals surface area contributed by atoms with Crippen LogP contribution >= 0.6 is 0 Å². The first-order valence-corrected chi connectivity index (χ1v) is 8.32. The lowest BCUT2D eigenvalue weighted by Gasteiger charge is -2.45. The van der Waals surface area contributed by atoms with Crippen molar-refractivity contribution in [2.75, 3.05) is 19.7 Å². The van der Waals surface area contributed by atoms with Crippen molar-refractivity contribution in [3.05, 3.63) is 35.4 Å². The molecule has 1 spiro atoms. The van der Waals surface area contributed by atoms with Crippen molar-refractivity contribution in [2.45, 2.75) is 44.1 Å². The molecule has 5 nitrogen and oxygen atoms in total. The quantitative estimate of drug-likeness (QED) is 0.930. The molecule has 0 atom stereocenters. The fraction of sp³-hybridized carbons (Fsp3) is 0.556. The minimum atomic E-state index is -0.966. The van der Waals surface area contributed by atoms with Gasteiger partial charge in [0.15, 0.2) is 0 Å². The standard InChI is InChI=1S/C18H23NO4/c20-16(12-14-5-4-6-15(11-14)17(21)22)19-9-10-23-18(13-19)7-2-1-3-8-18/h4-6,11H,1-3,7-10,12-13H2,(H,21,22). The molecule has 0 aromatic heterocycles. The maximum Gasteiger partial charge on any atom is 0.335 e. The van der Waals surface area contributed by atoms with Crippen molar-refractivity contribution in [1.82, 2.24) is 4.90 Å². The van der Waals surface area contributed by atoms with Crippen LogP contribution in [0.25, 0.3) is 0 Å². The normalized spacial score (nSPS) is 20.4. The Morgan fingerprint density at radius 1 is 1.22 bits per heavy atom. The highest BCUT2D eigenvalue weighted by Crippen LogP contribution is 2.34. The predicted molar refractivity (Wildman–Crippen MR) is 85.5 cm³/mol. The van der Waals surface area contributed by atoms with E-state index in [2.05, 4.69) is 0 Å². The van der Waals surface area contributed by atoms with Gasteiger partial charge in [-0.3, -0.25) is 4.79 Å². The largest absolute Gasteiger partial charge is 0.478 e. The van der Waals surface area contributed by atoms with E-state index in [1.54, 1.807) is 24.3 Å². The number of ether oxygens (including phenoxy) is 1. The van der Waals surface area contributed by atoms with Gasteiger partial charge in [0.05, 0.1) is 24.2 Å². The molecule has 2 aliphatic rings. The minimum Gasteiger partial charge on any atom is -0.478 e. The van der Waals surface area contributed by atoms with Crippen LogP contribution in [-0.2, 0) is 16.0 Å². The number of aromatic carboxylic acids is 1. The highest BCUT2D eigenvalue weighted by atomic mass is 16.5. The molecule has 1 aliphatic carbocycles. The Balaban J connectivity index is 1.65. The van der Waals surface area contributed by atoms with Gasteiger partial charge in [-0.2, -0.15) is 0 Å². The van der Waals surface area contributed by atoms with E-state index in [0.717, 1.165) is 18.4 Å². The third kappa shape index (κ3) is 3.72. The highest BCUT2D eigenvalue weighted by Gasteiger charge is 2.39. The number of rotatable bonds is 3. The first-order valence-electron chi connectivity index (χ1n) is 8.32. The summed E-state index contributed by atoms with van der Waals surface area (Å²) in [5.41, 5.74) is 0.829. The minimum absolute atomic E-state index is 0.0563. The number of benzene rings is 1. The number of hydrogen-bond donors (Lipinski definition) is 1. The summed E-state index contributed by atoms with van der Waals surface area (Å²) in [6.45, 7) is 1.89. The summed E-state index contributed by atoms with van der Waals surface area (Å²) in [4.78, 5) is 25.5. The number of carbonyl (C=O) groups is 2. The lowest BCUT2D eigenvalue weighted by Crippen LogP contribution is -2.54. The first-order chi connectivity index (χ1) is 11.1. The molecule has 0 radical (unpaired) electrons. The van der Waals surface area contributed by atoms with Crippen LogP contribution in [0.2, 0.25) is 0 Å². The summed E-state index contributed by atoms with van der Waals surface area (Å²) in [6, 6.07) is 6.62. The number of hydrogen-bond acceptors (Lipinski definition) is 3. The van der Waals surface area contributed by atoms with Crippen LogP contribution in [0.1, 0.15) is 48.0 Å². The molecule has 1 aromatic rings. The molecule has 1 aromatic carbocycles. The van der Waals surface area contributed by atoms with Gasteiger partial charge < -0.3 is 14.7 Å². The van der Waals surface area contributed by atoms with Crippen LogP contribution in [0.3, 0.4) is 0 Å². The summed E-state index contributed by atoms with van der Waals surface area (Å²) in [7, 11) is 0. The smallest absolute Gasteiger partial charge is 0.335 e. The summed E-state index contributed by atoms with van der Waals surface area (Å²) in [5.74, 6) is -0.910. The predicted octanol–water partition coefficient (Wildman–Crippen LogP) is 2.49. The third-order valence-electron chi connectivity index (χ3n) is 4.90. The van der Waals surface area contributed by atoms with E-state index in [1.807, 2.05) is 4.90 Å². The van der Waals surface area contributed by atoms with Gasteiger partial charge >= 0.3 is 5.97 Å². The number of carboxylic acids is 1. The third-order valence-corrected chi connectivity index (χ3v) is 4.90. The van der Waals surface area contributed by atoms with Crippen molar-refractivity contribution in [1.29, 1.82) is 0 Å². The molecule has 1 amide bonds. The van der Waals surface area contributed by atoms with Gasteiger partial charge in [0.25, 0.3) is 0 Å². The average molecular weight is 317 g/mol. The summed E-state index contributed by atoms with van der Waals surface area (Å²) in [6.07, 6.45) is 5.90. The SMILES string of the molecule is O=C(O)c1cccc(CC(=O)N2CCOC3(CCCCC3)C2)c1. The second-order valence-electron chi connectivity index (χ2n) is 6.59. The highest BCUT2D eigenvalue weighted by molar-refractivity contribution is 5.88. The molecule has 1 saturated heterocycles. The van der Waals surface area contributed by atoms with Crippen molar-refractivity contribution in [2.24, 2.45) is 0 Å². The molecule has 23 heavy (non-hydrogen) atoms. The Labute approximate surface area is 136 Å². The van der Waals surface area contributed by atoms with E-state index >= 15 is 0 Å². The fourth-order valence-corrected chi connectivity index (χ4v) is 3.66. The van der Waals surface area contributed by atoms with Crippen LogP contribution in [0, 0.1) is 0 Å². The lowest BCUT2D eigenvalue weighted by molar-refractivity contribution is -0.155. The van der Waals surface area contributed by atoms with Crippen molar-refractivity contribution in [3.8, 4) is 0 Å². The maximum atomic E-state index is 12.6. The zero-order valence-electron chi connectivity index (χ0n) is 13.3. The van der Waals surface area contributed by atoms with Gasteiger partial charge in [0.1, 0.15) is 0 Å². The fourth-order valence-electron chi connectivity index (χ4n) is 3.66. The second kappa shape index (κ2) is 6.71. The molecular weight excluding hydrogens is 294 g/mol. The summed E-state index contributed by atoms with van der Waals surface area (Å²) < 4.78 is 6.02. The van der Waals surface area contributed by atoms with Crippen molar-refractivity contribution in [3.63, 3.8) is 0 Å². The molecule has 0 unspecified atom stereocenters. The van der Waals surface area contributed by atoms with E-state index < -0.39 is 5.97 Å². The van der Waals surface area contributed by atoms with Crippen molar-refractivity contribution < 1.29 is 19.4 Å². The zero-order chi connectivity index (χ0) is 16.3. The molecule has 2 fully saturated rings. The molecule has 1 heterocycles.